The fraction of sp³-hybridized carbons (Fsp3) is 0.167. The summed E-state index contributed by atoms with van der Waals surface area (Å²) in [6.45, 7) is 3.46. The first-order valence-electron chi connectivity index (χ1n) is 9.83. The third-order valence-electron chi connectivity index (χ3n) is 4.49. The van der Waals surface area contributed by atoms with Gasteiger partial charge in [0.2, 0.25) is 0 Å². The van der Waals surface area contributed by atoms with E-state index in [0.717, 1.165) is 17.0 Å². The summed E-state index contributed by atoms with van der Waals surface area (Å²) in [5.74, 6) is 1.31. The first-order valence-corrected chi connectivity index (χ1v) is 10.6. The summed E-state index contributed by atoms with van der Waals surface area (Å²) in [6, 6.07) is 23.3. The van der Waals surface area contributed by atoms with Crippen molar-refractivity contribution in [1.82, 2.24) is 4.90 Å². The second-order valence-corrected chi connectivity index (χ2v) is 7.57. The predicted molar refractivity (Wildman–Crippen MR) is 121 cm³/mol. The van der Waals surface area contributed by atoms with Crippen LogP contribution in [0.1, 0.15) is 12.7 Å². The Labute approximate surface area is 180 Å². The largest absolute Gasteiger partial charge is 0.457 e. The van der Waals surface area contributed by atoms with Crippen molar-refractivity contribution in [2.75, 3.05) is 19.8 Å². The molecule has 1 amide bonds. The second-order valence-electron chi connectivity index (χ2n) is 6.56. The van der Waals surface area contributed by atoms with E-state index in [0.29, 0.717) is 35.6 Å². The van der Waals surface area contributed by atoms with Crippen molar-refractivity contribution in [1.29, 1.82) is 0 Å². The molecule has 30 heavy (non-hydrogen) atoms. The van der Waals surface area contributed by atoms with Crippen molar-refractivity contribution in [3.63, 3.8) is 0 Å². The number of aliphatic imine (C=N–C) groups is 1. The van der Waals surface area contributed by atoms with Gasteiger partial charge in [-0.15, -0.1) is 0 Å². The van der Waals surface area contributed by atoms with Gasteiger partial charge in [-0.25, -0.2) is 4.99 Å². The van der Waals surface area contributed by atoms with Gasteiger partial charge in [0, 0.05) is 18.2 Å². The molecule has 0 radical (unpaired) electrons. The van der Waals surface area contributed by atoms with Crippen molar-refractivity contribution in [2.45, 2.75) is 6.92 Å². The molecule has 152 valence electrons. The second kappa shape index (κ2) is 9.61. The fourth-order valence-electron chi connectivity index (χ4n) is 3.02. The molecule has 0 N–H and O–H groups in total. The third kappa shape index (κ3) is 4.72. The highest BCUT2D eigenvalue weighted by Crippen LogP contribution is 2.34. The van der Waals surface area contributed by atoms with Gasteiger partial charge in [0.15, 0.2) is 5.17 Å². The number of benzene rings is 2. The smallest absolute Gasteiger partial charge is 0.266 e. The van der Waals surface area contributed by atoms with Crippen molar-refractivity contribution in [3.05, 3.63) is 83.5 Å². The van der Waals surface area contributed by atoms with Crippen molar-refractivity contribution in [2.24, 2.45) is 4.99 Å². The Morgan fingerprint density at radius 1 is 1.03 bits per heavy atom. The number of carbonyl (C=O) groups excluding carboxylic acids is 1. The predicted octanol–water partition coefficient (Wildman–Crippen LogP) is 5.59. The molecule has 1 saturated heterocycles. The van der Waals surface area contributed by atoms with Crippen molar-refractivity contribution < 1.29 is 13.9 Å². The first kappa shape index (κ1) is 20.2. The van der Waals surface area contributed by atoms with E-state index in [9.17, 15) is 4.79 Å². The van der Waals surface area contributed by atoms with E-state index in [-0.39, 0.29) is 5.91 Å². The molecule has 0 spiro atoms. The molecule has 0 atom stereocenters. The quantitative estimate of drug-likeness (QED) is 0.371. The van der Waals surface area contributed by atoms with E-state index in [1.54, 1.807) is 11.0 Å². The number of para-hydroxylation sites is 1. The summed E-state index contributed by atoms with van der Waals surface area (Å²) < 4.78 is 11.4. The van der Waals surface area contributed by atoms with Crippen LogP contribution in [0.2, 0.25) is 0 Å². The normalized spacial score (nSPS) is 16.7. The van der Waals surface area contributed by atoms with Crippen molar-refractivity contribution >= 4 is 34.6 Å². The van der Waals surface area contributed by atoms with E-state index in [1.165, 1.54) is 11.8 Å². The molecule has 0 aliphatic carbocycles. The summed E-state index contributed by atoms with van der Waals surface area (Å²) >= 11 is 1.35. The van der Waals surface area contributed by atoms with Crippen LogP contribution >= 0.6 is 11.8 Å². The Kier molecular flexibility index (Phi) is 6.47. The average Bonchev–Trinajstić information content (AvgIpc) is 3.36. The maximum absolute atomic E-state index is 13.0. The van der Waals surface area contributed by atoms with Crippen LogP contribution in [0.3, 0.4) is 0 Å². The average molecular weight is 419 g/mol. The summed E-state index contributed by atoms with van der Waals surface area (Å²) in [5, 5.41) is 0.645. The molecule has 1 fully saturated rings. The van der Waals surface area contributed by atoms with Gasteiger partial charge < -0.3 is 9.15 Å². The third-order valence-corrected chi connectivity index (χ3v) is 5.50. The summed E-state index contributed by atoms with van der Waals surface area (Å²) in [6.07, 6.45) is 1.78. The van der Waals surface area contributed by atoms with Gasteiger partial charge in [-0.2, -0.15) is 0 Å². The molecule has 2 heterocycles. The number of amides is 1. The van der Waals surface area contributed by atoms with Crippen LogP contribution < -0.4 is 0 Å². The van der Waals surface area contributed by atoms with E-state index in [4.69, 9.17) is 9.15 Å². The summed E-state index contributed by atoms with van der Waals surface area (Å²) in [4.78, 5) is 20.0. The van der Waals surface area contributed by atoms with Crippen LogP contribution in [-0.4, -0.2) is 35.7 Å². The zero-order chi connectivity index (χ0) is 20.8. The maximum Gasteiger partial charge on any atom is 0.266 e. The van der Waals surface area contributed by atoms with Gasteiger partial charge in [0.05, 0.1) is 23.7 Å². The highest BCUT2D eigenvalue weighted by molar-refractivity contribution is 8.18. The monoisotopic (exact) mass is 418 g/mol. The fourth-order valence-corrected chi connectivity index (χ4v) is 4.02. The molecule has 0 unspecified atom stereocenters. The molecule has 1 aliphatic heterocycles. The maximum atomic E-state index is 13.0. The lowest BCUT2D eigenvalue weighted by molar-refractivity contribution is -0.122. The standard InChI is InChI=1S/C24H22N2O3S/c1-2-28-16-15-26-23(27)22(30-24(26)25-19-11-7-4-8-12-19)17-20-13-14-21(29-20)18-9-5-3-6-10-18/h3-14,17H,2,15-16H2,1H3/b22-17+,25-24?. The van der Waals surface area contributed by atoms with Crippen LogP contribution in [0, 0.1) is 0 Å². The van der Waals surface area contributed by atoms with Gasteiger partial charge in [-0.05, 0) is 43.0 Å². The number of ether oxygens (including phenoxy) is 1. The Morgan fingerprint density at radius 2 is 1.77 bits per heavy atom. The van der Waals surface area contributed by atoms with Crippen LogP contribution in [-0.2, 0) is 9.53 Å². The Balaban J connectivity index is 1.60. The van der Waals surface area contributed by atoms with E-state index >= 15 is 0 Å². The number of hydrogen-bond donors (Lipinski definition) is 0. The molecule has 3 aromatic rings. The van der Waals surface area contributed by atoms with Crippen molar-refractivity contribution in [3.8, 4) is 11.3 Å². The lowest BCUT2D eigenvalue weighted by Gasteiger charge is -2.15. The highest BCUT2D eigenvalue weighted by atomic mass is 32.2. The van der Waals surface area contributed by atoms with E-state index in [1.807, 2.05) is 79.7 Å². The molecule has 0 bridgehead atoms. The molecule has 0 saturated carbocycles. The van der Waals surface area contributed by atoms with Gasteiger partial charge >= 0.3 is 0 Å². The topological polar surface area (TPSA) is 55.0 Å². The number of amidine groups is 1. The first-order chi connectivity index (χ1) is 14.7. The number of nitrogens with zero attached hydrogens (tertiary/aromatic N) is 2. The minimum Gasteiger partial charge on any atom is -0.457 e. The zero-order valence-corrected chi connectivity index (χ0v) is 17.5. The number of thioether (sulfide) groups is 1. The minimum absolute atomic E-state index is 0.0907. The highest BCUT2D eigenvalue weighted by Gasteiger charge is 2.33. The lowest BCUT2D eigenvalue weighted by Crippen LogP contribution is -2.32. The van der Waals surface area contributed by atoms with Crippen LogP contribution in [0.5, 0.6) is 0 Å². The van der Waals surface area contributed by atoms with Crippen LogP contribution in [0.15, 0.2) is 87.1 Å². The van der Waals surface area contributed by atoms with Crippen LogP contribution in [0.25, 0.3) is 17.4 Å². The number of hydrogen-bond acceptors (Lipinski definition) is 5. The lowest BCUT2D eigenvalue weighted by atomic mass is 10.2. The SMILES string of the molecule is CCOCCN1C(=O)/C(=C\c2ccc(-c3ccccc3)o2)SC1=Nc1ccccc1. The molecular formula is C24H22N2O3S. The molecule has 1 aromatic heterocycles. The molecule has 5 nitrogen and oxygen atoms in total. The Hall–Kier alpha value is -3.09. The van der Waals surface area contributed by atoms with E-state index in [2.05, 4.69) is 4.99 Å². The molecule has 2 aromatic carbocycles. The van der Waals surface area contributed by atoms with Gasteiger partial charge in [0.25, 0.3) is 5.91 Å². The summed E-state index contributed by atoms with van der Waals surface area (Å²) in [5.41, 5.74) is 1.80. The Bertz CT molecular complexity index is 1060. The molecule has 6 heteroatoms. The minimum atomic E-state index is -0.0907. The zero-order valence-electron chi connectivity index (χ0n) is 16.7. The molecule has 1 aliphatic rings. The van der Waals surface area contributed by atoms with Gasteiger partial charge in [-0.3, -0.25) is 9.69 Å². The van der Waals surface area contributed by atoms with Gasteiger partial charge in [0.1, 0.15) is 11.5 Å². The van der Waals surface area contributed by atoms with Crippen LogP contribution in [0.4, 0.5) is 5.69 Å². The number of rotatable bonds is 7. The molecule has 4 rings (SSSR count). The van der Waals surface area contributed by atoms with Gasteiger partial charge in [-0.1, -0.05) is 48.5 Å². The molecular weight excluding hydrogens is 396 g/mol. The summed E-state index contributed by atoms with van der Waals surface area (Å²) in [7, 11) is 0. The number of furan rings is 1. The van der Waals surface area contributed by atoms with E-state index < -0.39 is 0 Å². The Morgan fingerprint density at radius 3 is 2.50 bits per heavy atom. The number of carbonyl (C=O) groups is 1.